The Morgan fingerprint density at radius 1 is 1.02 bits per heavy atom. The number of carbonyl (C=O) groups is 4. The van der Waals surface area contributed by atoms with Crippen LogP contribution >= 0.6 is 0 Å². The van der Waals surface area contributed by atoms with Crippen LogP contribution in [0.5, 0.6) is 5.75 Å². The van der Waals surface area contributed by atoms with Crippen LogP contribution in [0, 0.1) is 12.8 Å². The standard InChI is InChI=1S/C35H41N3O7/c1-7-25(26-11-9-8-10-12-26)20-30(39)38-31(33(41)42)28(32(38)40)18-24-17-22(2)36-29(19-24)37(34(43)45-35(3,4)5)21-23-13-15-27(44-6)16-14-23/h8-17,19,25,28,31H,7,18,20-21H2,1-6H3,(H,41,42)/t25-,28+,31-/m0/s1. The Morgan fingerprint density at radius 2 is 1.69 bits per heavy atom. The molecule has 1 aliphatic rings. The summed E-state index contributed by atoms with van der Waals surface area (Å²) in [5, 5.41) is 10.1. The van der Waals surface area contributed by atoms with E-state index in [0.717, 1.165) is 16.0 Å². The zero-order chi connectivity index (χ0) is 32.9. The number of anilines is 1. The van der Waals surface area contributed by atoms with Crippen molar-refractivity contribution in [2.45, 2.75) is 78.0 Å². The number of rotatable bonds is 11. The first-order valence-electron chi connectivity index (χ1n) is 15.1. The number of β-lactam (4-membered cyclic amide) rings is 1. The highest BCUT2D eigenvalue weighted by molar-refractivity contribution is 6.08. The summed E-state index contributed by atoms with van der Waals surface area (Å²) in [5.41, 5.74) is 2.21. The number of amides is 3. The third kappa shape index (κ3) is 8.06. The molecular formula is C35H41N3O7. The maximum atomic E-state index is 13.4. The van der Waals surface area contributed by atoms with Crippen LogP contribution in [0.4, 0.5) is 10.6 Å². The second-order valence-electron chi connectivity index (χ2n) is 12.3. The number of aliphatic carboxylic acids is 1. The van der Waals surface area contributed by atoms with Gasteiger partial charge in [-0.05, 0) is 87.4 Å². The molecule has 2 heterocycles. The summed E-state index contributed by atoms with van der Waals surface area (Å²) in [6, 6.07) is 18.9. The first-order valence-corrected chi connectivity index (χ1v) is 15.1. The van der Waals surface area contributed by atoms with Crippen LogP contribution < -0.4 is 9.64 Å². The van der Waals surface area contributed by atoms with Gasteiger partial charge in [-0.2, -0.15) is 0 Å². The van der Waals surface area contributed by atoms with Crippen LogP contribution in [0.15, 0.2) is 66.7 Å². The number of likely N-dealkylation sites (tertiary alicyclic amines) is 1. The Balaban J connectivity index is 1.57. The van der Waals surface area contributed by atoms with Gasteiger partial charge in [0.1, 0.15) is 23.2 Å². The minimum Gasteiger partial charge on any atom is -0.497 e. The number of methoxy groups -OCH3 is 1. The molecule has 4 rings (SSSR count). The predicted octanol–water partition coefficient (Wildman–Crippen LogP) is 5.90. The van der Waals surface area contributed by atoms with Gasteiger partial charge in [-0.15, -0.1) is 0 Å². The zero-order valence-electron chi connectivity index (χ0n) is 26.6. The lowest BCUT2D eigenvalue weighted by atomic mass is 9.81. The maximum Gasteiger partial charge on any atom is 0.416 e. The molecule has 10 nitrogen and oxygen atoms in total. The van der Waals surface area contributed by atoms with Crippen LogP contribution in [-0.2, 0) is 32.1 Å². The van der Waals surface area contributed by atoms with Gasteiger partial charge in [-0.1, -0.05) is 49.4 Å². The van der Waals surface area contributed by atoms with Gasteiger partial charge in [-0.25, -0.2) is 14.6 Å². The second kappa shape index (κ2) is 13.9. The van der Waals surface area contributed by atoms with Crippen molar-refractivity contribution in [3.63, 3.8) is 0 Å². The fourth-order valence-corrected chi connectivity index (χ4v) is 5.54. The lowest BCUT2D eigenvalue weighted by Crippen LogP contribution is -2.66. The Hall–Kier alpha value is -4.73. The van der Waals surface area contributed by atoms with Gasteiger partial charge in [0.25, 0.3) is 0 Å². The quantitative estimate of drug-likeness (QED) is 0.264. The molecule has 0 radical (unpaired) electrons. The zero-order valence-corrected chi connectivity index (χ0v) is 26.6. The number of hydrogen-bond acceptors (Lipinski definition) is 7. The third-order valence-electron chi connectivity index (χ3n) is 7.77. The van der Waals surface area contributed by atoms with E-state index in [9.17, 15) is 24.3 Å². The summed E-state index contributed by atoms with van der Waals surface area (Å²) in [6.07, 6.45) is 0.169. The molecule has 1 fully saturated rings. The van der Waals surface area contributed by atoms with Gasteiger partial charge >= 0.3 is 12.1 Å². The third-order valence-corrected chi connectivity index (χ3v) is 7.77. The van der Waals surface area contributed by atoms with E-state index in [4.69, 9.17) is 9.47 Å². The maximum absolute atomic E-state index is 13.4. The van der Waals surface area contributed by atoms with Crippen molar-refractivity contribution in [1.29, 1.82) is 0 Å². The van der Waals surface area contributed by atoms with Crippen LogP contribution in [-0.4, -0.2) is 57.6 Å². The van der Waals surface area contributed by atoms with Crippen molar-refractivity contribution in [3.05, 3.63) is 89.1 Å². The average Bonchev–Trinajstić information content (AvgIpc) is 2.99. The highest BCUT2D eigenvalue weighted by atomic mass is 16.6. The van der Waals surface area contributed by atoms with E-state index in [0.29, 0.717) is 29.2 Å². The van der Waals surface area contributed by atoms with E-state index in [1.54, 1.807) is 59.1 Å². The number of benzene rings is 2. The number of carbonyl (C=O) groups excluding carboxylic acids is 3. The minimum atomic E-state index is -1.28. The van der Waals surface area contributed by atoms with E-state index >= 15 is 0 Å². The van der Waals surface area contributed by atoms with E-state index in [2.05, 4.69) is 4.98 Å². The topological polar surface area (TPSA) is 126 Å². The van der Waals surface area contributed by atoms with Crippen LogP contribution in [0.25, 0.3) is 0 Å². The summed E-state index contributed by atoms with van der Waals surface area (Å²) >= 11 is 0. The molecule has 3 aromatic rings. The number of aryl methyl sites for hydroxylation is 1. The van der Waals surface area contributed by atoms with Gasteiger partial charge in [0, 0.05) is 12.1 Å². The molecule has 0 spiro atoms. The van der Waals surface area contributed by atoms with Gasteiger partial charge in [0.2, 0.25) is 11.8 Å². The number of carboxylic acid groups (broad SMARTS) is 1. The number of imide groups is 1. The highest BCUT2D eigenvalue weighted by Crippen LogP contribution is 2.34. The van der Waals surface area contributed by atoms with E-state index < -0.39 is 41.4 Å². The molecule has 1 aromatic heterocycles. The van der Waals surface area contributed by atoms with Crippen molar-refractivity contribution in [1.82, 2.24) is 9.88 Å². The monoisotopic (exact) mass is 615 g/mol. The Morgan fingerprint density at radius 3 is 2.27 bits per heavy atom. The molecule has 1 saturated heterocycles. The SMILES string of the molecule is CC[C@@H](CC(=O)N1C(=O)[C@H](Cc2cc(C)nc(N(Cc3ccc(OC)cc3)C(=O)OC(C)(C)C)c2)[C@H]1C(=O)O)c1ccccc1. The van der Waals surface area contributed by atoms with Gasteiger partial charge < -0.3 is 14.6 Å². The minimum absolute atomic E-state index is 0.0392. The van der Waals surface area contributed by atoms with E-state index in [-0.39, 0.29) is 25.3 Å². The molecule has 0 aliphatic carbocycles. The molecule has 2 aromatic carbocycles. The smallest absolute Gasteiger partial charge is 0.416 e. The average molecular weight is 616 g/mol. The van der Waals surface area contributed by atoms with Gasteiger partial charge in [0.15, 0.2) is 0 Å². The van der Waals surface area contributed by atoms with Gasteiger partial charge in [-0.3, -0.25) is 19.4 Å². The molecule has 0 bridgehead atoms. The van der Waals surface area contributed by atoms with Crippen molar-refractivity contribution >= 4 is 29.7 Å². The number of carboxylic acids is 1. The number of nitrogens with zero attached hydrogens (tertiary/aromatic N) is 3. The largest absolute Gasteiger partial charge is 0.497 e. The Kier molecular flexibility index (Phi) is 10.3. The van der Waals surface area contributed by atoms with Crippen molar-refractivity contribution < 1.29 is 33.8 Å². The molecule has 1 N–H and O–H groups in total. The van der Waals surface area contributed by atoms with E-state index in [1.807, 2.05) is 49.4 Å². The fourth-order valence-electron chi connectivity index (χ4n) is 5.54. The summed E-state index contributed by atoms with van der Waals surface area (Å²) in [5.74, 6) is -2.34. The molecule has 45 heavy (non-hydrogen) atoms. The summed E-state index contributed by atoms with van der Waals surface area (Å²) < 4.78 is 10.9. The van der Waals surface area contributed by atoms with Crippen molar-refractivity contribution in [2.75, 3.05) is 12.0 Å². The molecule has 3 atom stereocenters. The Bertz CT molecular complexity index is 1530. The molecule has 1 aliphatic heterocycles. The number of hydrogen-bond donors (Lipinski definition) is 1. The number of aromatic nitrogens is 1. The lowest BCUT2D eigenvalue weighted by Gasteiger charge is -2.43. The van der Waals surface area contributed by atoms with E-state index in [1.165, 1.54) is 4.90 Å². The lowest BCUT2D eigenvalue weighted by molar-refractivity contribution is -0.177. The Labute approximate surface area is 264 Å². The predicted molar refractivity (Wildman–Crippen MR) is 169 cm³/mol. The molecule has 3 amide bonds. The summed E-state index contributed by atoms with van der Waals surface area (Å²) in [6.45, 7) is 9.19. The molecule has 0 saturated carbocycles. The molecule has 238 valence electrons. The van der Waals surface area contributed by atoms with Crippen molar-refractivity contribution in [2.24, 2.45) is 5.92 Å². The fraction of sp³-hybridized carbons (Fsp3) is 0.400. The van der Waals surface area contributed by atoms with Crippen LogP contribution in [0.3, 0.4) is 0 Å². The molecule has 10 heteroatoms. The second-order valence-corrected chi connectivity index (χ2v) is 12.3. The first-order chi connectivity index (χ1) is 21.3. The van der Waals surface area contributed by atoms with Crippen LogP contribution in [0.1, 0.15) is 68.8 Å². The normalized spacial score (nSPS) is 16.8. The highest BCUT2D eigenvalue weighted by Gasteiger charge is 2.54. The first kappa shape index (κ1) is 33.2. The summed E-state index contributed by atoms with van der Waals surface area (Å²) in [7, 11) is 1.57. The van der Waals surface area contributed by atoms with Crippen LogP contribution in [0.2, 0.25) is 0 Å². The molecule has 0 unspecified atom stereocenters. The molecular weight excluding hydrogens is 574 g/mol. The van der Waals surface area contributed by atoms with Gasteiger partial charge in [0.05, 0.1) is 19.6 Å². The summed E-state index contributed by atoms with van der Waals surface area (Å²) in [4.78, 5) is 59.2. The number of ether oxygens (including phenoxy) is 2. The number of pyridine rings is 1. The van der Waals surface area contributed by atoms with Crippen molar-refractivity contribution in [3.8, 4) is 5.75 Å².